The number of carbonyl (C=O) groups is 2. The minimum absolute atomic E-state index is 0.132. The van der Waals surface area contributed by atoms with Crippen molar-refractivity contribution in [2.75, 3.05) is 11.1 Å². The van der Waals surface area contributed by atoms with Crippen LogP contribution in [0.5, 0.6) is 0 Å². The topological polar surface area (TPSA) is 66.4 Å². The van der Waals surface area contributed by atoms with Crippen LogP contribution in [0.1, 0.15) is 10.8 Å². The Morgan fingerprint density at radius 1 is 1.09 bits per heavy atom. The van der Waals surface area contributed by atoms with E-state index in [1.54, 1.807) is 12.1 Å². The number of halogens is 1. The van der Waals surface area contributed by atoms with Crippen LogP contribution in [0.3, 0.4) is 0 Å². The summed E-state index contributed by atoms with van der Waals surface area (Å²) < 4.78 is 0.922. The number of anilines is 1. The average molecular weight is 380 g/mol. The fraction of sp³-hybridized carbons (Fsp3) is 0.125. The predicted octanol–water partition coefficient (Wildman–Crippen LogP) is 3.95. The smallest absolute Gasteiger partial charge is 0.313 e. The first kappa shape index (κ1) is 16.6. The quantitative estimate of drug-likeness (QED) is 0.797. The van der Waals surface area contributed by atoms with Crippen LogP contribution in [0.2, 0.25) is 0 Å². The van der Waals surface area contributed by atoms with E-state index in [-0.39, 0.29) is 11.7 Å². The maximum atomic E-state index is 12.5. The van der Waals surface area contributed by atoms with Crippen molar-refractivity contribution in [3.8, 4) is 0 Å². The summed E-state index contributed by atoms with van der Waals surface area (Å²) in [6, 6.07) is 16.4. The van der Waals surface area contributed by atoms with Gasteiger partial charge in [-0.3, -0.25) is 9.59 Å². The molecule has 2 rings (SSSR count). The second kappa shape index (κ2) is 8.00. The van der Waals surface area contributed by atoms with Crippen molar-refractivity contribution in [1.29, 1.82) is 0 Å². The Hall–Kier alpha value is -1.79. The molecule has 2 N–H and O–H groups in total. The number of carboxylic acids is 1. The fourth-order valence-electron chi connectivity index (χ4n) is 1.85. The van der Waals surface area contributed by atoms with Crippen LogP contribution >= 0.6 is 27.7 Å². The zero-order chi connectivity index (χ0) is 15.9. The van der Waals surface area contributed by atoms with E-state index < -0.39 is 11.2 Å². The molecule has 6 heteroatoms. The number of carbonyl (C=O) groups excluding carboxylic acids is 1. The van der Waals surface area contributed by atoms with Crippen molar-refractivity contribution < 1.29 is 14.7 Å². The van der Waals surface area contributed by atoms with Gasteiger partial charge in [-0.1, -0.05) is 46.3 Å². The van der Waals surface area contributed by atoms with Crippen LogP contribution in [0.4, 0.5) is 5.69 Å². The zero-order valence-electron chi connectivity index (χ0n) is 11.5. The molecule has 0 radical (unpaired) electrons. The lowest BCUT2D eigenvalue weighted by atomic mass is 10.1. The molecule has 2 aromatic rings. The minimum atomic E-state index is -0.942. The van der Waals surface area contributed by atoms with Crippen LogP contribution in [0.15, 0.2) is 59.1 Å². The summed E-state index contributed by atoms with van der Waals surface area (Å²) in [5.74, 6) is -1.31. The maximum Gasteiger partial charge on any atom is 0.313 e. The summed E-state index contributed by atoms with van der Waals surface area (Å²) in [4.78, 5) is 23.3. The SMILES string of the molecule is O=C(O)CS[C@H](C(=O)Nc1ccc(Br)cc1)c1ccccc1. The first-order valence-electron chi connectivity index (χ1n) is 6.51. The van der Waals surface area contributed by atoms with Gasteiger partial charge in [0, 0.05) is 10.2 Å². The second-order valence-electron chi connectivity index (χ2n) is 4.49. The highest BCUT2D eigenvalue weighted by molar-refractivity contribution is 9.10. The van der Waals surface area contributed by atoms with Crippen molar-refractivity contribution in [2.24, 2.45) is 0 Å². The highest BCUT2D eigenvalue weighted by Gasteiger charge is 2.22. The number of aliphatic carboxylic acids is 1. The molecule has 0 unspecified atom stereocenters. The van der Waals surface area contributed by atoms with Gasteiger partial charge in [0.05, 0.1) is 5.75 Å². The Balaban J connectivity index is 2.14. The summed E-state index contributed by atoms with van der Waals surface area (Å²) in [5, 5.41) is 11.1. The third-order valence-corrected chi connectivity index (χ3v) is 4.59. The maximum absolute atomic E-state index is 12.5. The number of benzene rings is 2. The normalized spacial score (nSPS) is 11.7. The zero-order valence-corrected chi connectivity index (χ0v) is 13.9. The Morgan fingerprint density at radius 2 is 1.73 bits per heavy atom. The van der Waals surface area contributed by atoms with Crippen LogP contribution < -0.4 is 5.32 Å². The van der Waals surface area contributed by atoms with Gasteiger partial charge in [-0.05, 0) is 29.8 Å². The van der Waals surface area contributed by atoms with Gasteiger partial charge in [0.2, 0.25) is 5.91 Å². The largest absolute Gasteiger partial charge is 0.481 e. The first-order valence-corrected chi connectivity index (χ1v) is 8.35. The van der Waals surface area contributed by atoms with Gasteiger partial charge >= 0.3 is 5.97 Å². The summed E-state index contributed by atoms with van der Waals surface area (Å²) in [6.45, 7) is 0. The molecule has 0 spiro atoms. The van der Waals surface area contributed by atoms with E-state index >= 15 is 0 Å². The molecule has 1 atom stereocenters. The second-order valence-corrected chi connectivity index (χ2v) is 6.50. The van der Waals surface area contributed by atoms with Crippen LogP contribution in [0, 0.1) is 0 Å². The van der Waals surface area contributed by atoms with Gasteiger partial charge in [0.25, 0.3) is 0 Å². The highest BCUT2D eigenvalue weighted by atomic mass is 79.9. The molecule has 0 saturated carbocycles. The van der Waals surface area contributed by atoms with Crippen molar-refractivity contribution in [2.45, 2.75) is 5.25 Å². The summed E-state index contributed by atoms with van der Waals surface area (Å²) in [5.41, 5.74) is 1.45. The van der Waals surface area contributed by atoms with Gasteiger partial charge in [0.15, 0.2) is 0 Å². The van der Waals surface area contributed by atoms with Gasteiger partial charge in [-0.2, -0.15) is 0 Å². The molecule has 0 saturated heterocycles. The number of thioether (sulfide) groups is 1. The van der Waals surface area contributed by atoms with E-state index in [4.69, 9.17) is 5.11 Å². The van der Waals surface area contributed by atoms with E-state index in [1.165, 1.54) is 0 Å². The Labute approximate surface area is 141 Å². The molecule has 0 aromatic heterocycles. The average Bonchev–Trinajstić information content (AvgIpc) is 2.50. The molecule has 0 bridgehead atoms. The van der Waals surface area contributed by atoms with Gasteiger partial charge in [0.1, 0.15) is 5.25 Å². The monoisotopic (exact) mass is 379 g/mol. The molecule has 22 heavy (non-hydrogen) atoms. The van der Waals surface area contributed by atoms with Gasteiger partial charge in [-0.15, -0.1) is 11.8 Å². The number of rotatable bonds is 6. The molecule has 4 nitrogen and oxygen atoms in total. The van der Waals surface area contributed by atoms with Gasteiger partial charge < -0.3 is 10.4 Å². The molecule has 0 aliphatic carbocycles. The minimum Gasteiger partial charge on any atom is -0.481 e. The van der Waals surface area contributed by atoms with Crippen LogP contribution in [-0.2, 0) is 9.59 Å². The lowest BCUT2D eigenvalue weighted by Crippen LogP contribution is -2.20. The molecular formula is C16H14BrNO3S. The third kappa shape index (κ3) is 4.89. The molecule has 114 valence electrons. The summed E-state index contributed by atoms with van der Waals surface area (Å²) in [7, 11) is 0. The van der Waals surface area contributed by atoms with E-state index in [0.29, 0.717) is 5.69 Å². The third-order valence-electron chi connectivity index (χ3n) is 2.83. The molecular weight excluding hydrogens is 366 g/mol. The fourth-order valence-corrected chi connectivity index (χ4v) is 2.98. The summed E-state index contributed by atoms with van der Waals surface area (Å²) >= 11 is 4.43. The number of hydrogen-bond acceptors (Lipinski definition) is 3. The first-order chi connectivity index (χ1) is 10.6. The Bertz CT molecular complexity index is 646. The predicted molar refractivity (Wildman–Crippen MR) is 92.0 cm³/mol. The van der Waals surface area contributed by atoms with Crippen LogP contribution in [0.25, 0.3) is 0 Å². The number of hydrogen-bond donors (Lipinski definition) is 2. The molecule has 0 heterocycles. The van der Waals surface area contributed by atoms with E-state index in [1.807, 2.05) is 42.5 Å². The summed E-state index contributed by atoms with van der Waals surface area (Å²) in [6.07, 6.45) is 0. The van der Waals surface area contributed by atoms with Crippen molar-refractivity contribution in [3.05, 3.63) is 64.6 Å². The van der Waals surface area contributed by atoms with Crippen molar-refractivity contribution in [1.82, 2.24) is 0 Å². The van der Waals surface area contributed by atoms with Gasteiger partial charge in [-0.25, -0.2) is 0 Å². The molecule has 0 fully saturated rings. The number of amides is 1. The lowest BCUT2D eigenvalue weighted by Gasteiger charge is -2.16. The number of nitrogens with one attached hydrogen (secondary N) is 1. The molecule has 2 aromatic carbocycles. The van der Waals surface area contributed by atoms with Crippen molar-refractivity contribution in [3.63, 3.8) is 0 Å². The van der Waals surface area contributed by atoms with Crippen LogP contribution in [-0.4, -0.2) is 22.7 Å². The Morgan fingerprint density at radius 3 is 2.32 bits per heavy atom. The van der Waals surface area contributed by atoms with Crippen molar-refractivity contribution >= 4 is 45.3 Å². The van der Waals surface area contributed by atoms with E-state index in [2.05, 4.69) is 21.2 Å². The van der Waals surface area contributed by atoms with E-state index in [9.17, 15) is 9.59 Å². The standard InChI is InChI=1S/C16H14BrNO3S/c17-12-6-8-13(9-7-12)18-16(21)15(22-10-14(19)20)11-4-2-1-3-5-11/h1-9,15H,10H2,(H,18,21)(H,19,20)/t15-/m0/s1. The number of carboxylic acid groups (broad SMARTS) is 1. The molecule has 0 aliphatic heterocycles. The Kier molecular flexibility index (Phi) is 6.03. The molecule has 1 amide bonds. The van der Waals surface area contributed by atoms with E-state index in [0.717, 1.165) is 21.8 Å². The molecule has 0 aliphatic rings. The lowest BCUT2D eigenvalue weighted by molar-refractivity contribution is -0.133. The highest BCUT2D eigenvalue weighted by Crippen LogP contribution is 2.30.